The Morgan fingerprint density at radius 3 is 2.88 bits per heavy atom. The van der Waals surface area contributed by atoms with Crippen molar-refractivity contribution in [3.05, 3.63) is 29.8 Å². The van der Waals surface area contributed by atoms with Gasteiger partial charge >= 0.3 is 0 Å². The van der Waals surface area contributed by atoms with Crippen LogP contribution in [0.2, 0.25) is 0 Å². The number of nitrogens with zero attached hydrogens (tertiary/aromatic N) is 1. The lowest BCUT2D eigenvalue weighted by molar-refractivity contribution is -0.121. The average Bonchev–Trinajstić information content (AvgIpc) is 2.33. The smallest absolute Gasteiger partial charge is 0.240 e. The van der Waals surface area contributed by atoms with Crippen molar-refractivity contribution in [3.63, 3.8) is 0 Å². The lowest BCUT2D eigenvalue weighted by atomic mass is 10.1. The minimum absolute atomic E-state index is 0.0775. The Hall–Kier alpha value is -1.84. The fourth-order valence-corrected chi connectivity index (χ4v) is 1.33. The Labute approximate surface area is 101 Å². The molecular formula is C13H18N2O2. The van der Waals surface area contributed by atoms with Crippen molar-refractivity contribution in [3.8, 4) is 5.75 Å². The monoisotopic (exact) mass is 234 g/mol. The van der Waals surface area contributed by atoms with Gasteiger partial charge in [-0.05, 0) is 25.5 Å². The predicted molar refractivity (Wildman–Crippen MR) is 68.0 cm³/mol. The minimum Gasteiger partial charge on any atom is -0.508 e. The molecule has 0 bridgehead atoms. The van der Waals surface area contributed by atoms with Crippen LogP contribution in [-0.4, -0.2) is 16.7 Å². The predicted octanol–water partition coefficient (Wildman–Crippen LogP) is 2.42. The molecule has 0 fully saturated rings. The van der Waals surface area contributed by atoms with Crippen molar-refractivity contribution in [2.75, 3.05) is 0 Å². The molecule has 1 aromatic rings. The van der Waals surface area contributed by atoms with Crippen LogP contribution in [0.25, 0.3) is 0 Å². The third-order valence-electron chi connectivity index (χ3n) is 2.37. The summed E-state index contributed by atoms with van der Waals surface area (Å²) in [7, 11) is 0. The van der Waals surface area contributed by atoms with E-state index in [-0.39, 0.29) is 11.7 Å². The Morgan fingerprint density at radius 1 is 1.47 bits per heavy atom. The fourth-order valence-electron chi connectivity index (χ4n) is 1.33. The van der Waals surface area contributed by atoms with Gasteiger partial charge < -0.3 is 5.11 Å². The van der Waals surface area contributed by atoms with Crippen LogP contribution in [-0.2, 0) is 4.79 Å². The first kappa shape index (κ1) is 13.2. The number of amides is 1. The van der Waals surface area contributed by atoms with Gasteiger partial charge in [0.2, 0.25) is 5.91 Å². The number of phenols is 1. The van der Waals surface area contributed by atoms with Gasteiger partial charge in [-0.2, -0.15) is 5.10 Å². The number of nitrogens with one attached hydrogen (secondary N) is 1. The van der Waals surface area contributed by atoms with Crippen LogP contribution >= 0.6 is 0 Å². The Balaban J connectivity index is 2.57. The number of carbonyl (C=O) groups excluding carboxylic acids is 1. The summed E-state index contributed by atoms with van der Waals surface area (Å²) in [6.45, 7) is 3.82. The molecule has 0 heterocycles. The highest BCUT2D eigenvalue weighted by Crippen LogP contribution is 2.11. The van der Waals surface area contributed by atoms with E-state index in [1.807, 2.05) is 13.0 Å². The van der Waals surface area contributed by atoms with E-state index >= 15 is 0 Å². The molecule has 2 N–H and O–H groups in total. The first-order valence-electron chi connectivity index (χ1n) is 5.76. The molecule has 0 radical (unpaired) electrons. The van der Waals surface area contributed by atoms with Crippen molar-refractivity contribution in [2.24, 2.45) is 5.10 Å². The van der Waals surface area contributed by atoms with E-state index < -0.39 is 0 Å². The van der Waals surface area contributed by atoms with Crippen LogP contribution < -0.4 is 5.43 Å². The SMILES string of the molecule is CCCCC(=O)N/N=C(\C)c1cccc(O)c1. The summed E-state index contributed by atoms with van der Waals surface area (Å²) < 4.78 is 0. The minimum atomic E-state index is -0.0775. The number of rotatable bonds is 5. The molecule has 0 aliphatic rings. The van der Waals surface area contributed by atoms with Crippen molar-refractivity contribution in [1.82, 2.24) is 5.43 Å². The summed E-state index contributed by atoms with van der Waals surface area (Å²) in [6, 6.07) is 6.77. The van der Waals surface area contributed by atoms with Crippen molar-refractivity contribution >= 4 is 11.6 Å². The standard InChI is InChI=1S/C13H18N2O2/c1-3-4-8-13(17)15-14-10(2)11-6-5-7-12(16)9-11/h5-7,9,16H,3-4,8H2,1-2H3,(H,15,17)/b14-10+. The molecular weight excluding hydrogens is 216 g/mol. The zero-order valence-electron chi connectivity index (χ0n) is 10.2. The molecule has 4 heteroatoms. The first-order chi connectivity index (χ1) is 8.13. The third kappa shape index (κ3) is 4.68. The fraction of sp³-hybridized carbons (Fsp3) is 0.385. The zero-order chi connectivity index (χ0) is 12.7. The van der Waals surface area contributed by atoms with E-state index in [9.17, 15) is 9.90 Å². The molecule has 0 saturated carbocycles. The molecule has 1 aromatic carbocycles. The molecule has 0 saturated heterocycles. The number of carbonyl (C=O) groups is 1. The van der Waals surface area contributed by atoms with Gasteiger partial charge in [0.15, 0.2) is 0 Å². The van der Waals surface area contributed by atoms with E-state index in [1.54, 1.807) is 25.1 Å². The Morgan fingerprint density at radius 2 is 2.24 bits per heavy atom. The molecule has 1 amide bonds. The maximum absolute atomic E-state index is 11.3. The van der Waals surface area contributed by atoms with Crippen LogP contribution in [0.3, 0.4) is 0 Å². The first-order valence-corrected chi connectivity index (χ1v) is 5.76. The van der Waals surface area contributed by atoms with Gasteiger partial charge in [-0.1, -0.05) is 25.5 Å². The van der Waals surface area contributed by atoms with Crippen LogP contribution in [0, 0.1) is 0 Å². The zero-order valence-corrected chi connectivity index (χ0v) is 10.2. The van der Waals surface area contributed by atoms with Crippen molar-refractivity contribution in [1.29, 1.82) is 0 Å². The van der Waals surface area contributed by atoms with E-state index in [0.717, 1.165) is 18.4 Å². The highest BCUT2D eigenvalue weighted by atomic mass is 16.3. The van der Waals surface area contributed by atoms with Gasteiger partial charge in [-0.25, -0.2) is 5.43 Å². The van der Waals surface area contributed by atoms with E-state index in [1.165, 1.54) is 0 Å². The molecule has 0 atom stereocenters. The molecule has 0 aliphatic heterocycles. The molecule has 0 aromatic heterocycles. The number of unbranched alkanes of at least 4 members (excludes halogenated alkanes) is 1. The Bertz CT molecular complexity index is 414. The quantitative estimate of drug-likeness (QED) is 0.607. The maximum Gasteiger partial charge on any atom is 0.240 e. The lowest BCUT2D eigenvalue weighted by Gasteiger charge is -2.03. The van der Waals surface area contributed by atoms with Gasteiger partial charge in [0.05, 0.1) is 5.71 Å². The summed E-state index contributed by atoms with van der Waals surface area (Å²) in [5.41, 5.74) is 3.97. The summed E-state index contributed by atoms with van der Waals surface area (Å²) >= 11 is 0. The number of hydrogen-bond donors (Lipinski definition) is 2. The lowest BCUT2D eigenvalue weighted by Crippen LogP contribution is -2.18. The van der Waals surface area contributed by atoms with Crippen LogP contribution in [0.15, 0.2) is 29.4 Å². The number of benzene rings is 1. The van der Waals surface area contributed by atoms with Crippen LogP contribution in [0.4, 0.5) is 0 Å². The highest BCUT2D eigenvalue weighted by Gasteiger charge is 2.01. The van der Waals surface area contributed by atoms with E-state index in [2.05, 4.69) is 10.5 Å². The molecule has 0 aliphatic carbocycles. The summed E-state index contributed by atoms with van der Waals surface area (Å²) in [5.74, 6) is 0.112. The normalized spacial score (nSPS) is 11.3. The second-order valence-corrected chi connectivity index (χ2v) is 3.89. The second kappa shape index (κ2) is 6.68. The van der Waals surface area contributed by atoms with E-state index in [0.29, 0.717) is 12.1 Å². The maximum atomic E-state index is 11.3. The van der Waals surface area contributed by atoms with Crippen molar-refractivity contribution in [2.45, 2.75) is 33.1 Å². The average molecular weight is 234 g/mol. The van der Waals surface area contributed by atoms with Crippen LogP contribution in [0.5, 0.6) is 5.75 Å². The topological polar surface area (TPSA) is 61.7 Å². The third-order valence-corrected chi connectivity index (χ3v) is 2.37. The summed E-state index contributed by atoms with van der Waals surface area (Å²) in [5, 5.41) is 13.3. The summed E-state index contributed by atoms with van der Waals surface area (Å²) in [6.07, 6.45) is 2.35. The molecule has 17 heavy (non-hydrogen) atoms. The Kier molecular flexibility index (Phi) is 5.20. The molecule has 4 nitrogen and oxygen atoms in total. The number of aromatic hydroxyl groups is 1. The highest BCUT2D eigenvalue weighted by molar-refractivity contribution is 5.99. The second-order valence-electron chi connectivity index (χ2n) is 3.89. The molecule has 0 spiro atoms. The number of hydrogen-bond acceptors (Lipinski definition) is 3. The molecule has 0 unspecified atom stereocenters. The van der Waals surface area contributed by atoms with Crippen molar-refractivity contribution < 1.29 is 9.90 Å². The van der Waals surface area contributed by atoms with Crippen LogP contribution in [0.1, 0.15) is 38.7 Å². The summed E-state index contributed by atoms with van der Waals surface area (Å²) in [4.78, 5) is 11.3. The van der Waals surface area contributed by atoms with Gasteiger partial charge in [-0.15, -0.1) is 0 Å². The van der Waals surface area contributed by atoms with Gasteiger partial charge in [0, 0.05) is 12.0 Å². The molecule has 1 rings (SSSR count). The van der Waals surface area contributed by atoms with Gasteiger partial charge in [-0.3, -0.25) is 4.79 Å². The van der Waals surface area contributed by atoms with E-state index in [4.69, 9.17) is 0 Å². The van der Waals surface area contributed by atoms with Gasteiger partial charge in [0.1, 0.15) is 5.75 Å². The number of phenolic OH excluding ortho intramolecular Hbond substituents is 1. The van der Waals surface area contributed by atoms with Gasteiger partial charge in [0.25, 0.3) is 0 Å². The molecule has 92 valence electrons. The number of hydrazone groups is 1. The largest absolute Gasteiger partial charge is 0.508 e.